The molecule has 0 unspecified atom stereocenters. The van der Waals surface area contributed by atoms with Gasteiger partial charge in [-0.2, -0.15) is 0 Å². The molecule has 0 spiro atoms. The Balaban J connectivity index is 2.25. The molecule has 88 valence electrons. The van der Waals surface area contributed by atoms with Crippen LogP contribution in [0.25, 0.3) is 0 Å². The maximum atomic E-state index is 11.5. The second kappa shape index (κ2) is 6.88. The van der Waals surface area contributed by atoms with Crippen LogP contribution in [0.2, 0.25) is 0 Å². The zero-order valence-corrected chi connectivity index (χ0v) is 9.90. The van der Waals surface area contributed by atoms with Crippen molar-refractivity contribution < 1.29 is 9.53 Å². The van der Waals surface area contributed by atoms with Crippen molar-refractivity contribution in [1.82, 2.24) is 5.32 Å². The van der Waals surface area contributed by atoms with Crippen LogP contribution in [0.5, 0.6) is 5.75 Å². The number of hydrogen-bond donors (Lipinski definition) is 1. The second-order valence-electron chi connectivity index (χ2n) is 3.86. The van der Waals surface area contributed by atoms with E-state index in [4.69, 9.17) is 4.74 Å². The van der Waals surface area contributed by atoms with Gasteiger partial charge < -0.3 is 10.1 Å². The Labute approximate surface area is 96.8 Å². The molecule has 1 aromatic rings. The lowest BCUT2D eigenvalue weighted by Crippen LogP contribution is -2.35. The minimum absolute atomic E-state index is 0.0650. The summed E-state index contributed by atoms with van der Waals surface area (Å²) in [5.74, 6) is 0.658. The summed E-state index contributed by atoms with van der Waals surface area (Å²) in [5, 5.41) is 2.89. The third-order valence-corrected chi connectivity index (χ3v) is 2.24. The lowest BCUT2D eigenvalue weighted by atomic mass is 10.2. The Morgan fingerprint density at radius 3 is 2.69 bits per heavy atom. The van der Waals surface area contributed by atoms with Crippen molar-refractivity contribution in [1.29, 1.82) is 0 Å². The maximum absolute atomic E-state index is 11.5. The van der Waals surface area contributed by atoms with Crippen molar-refractivity contribution in [2.24, 2.45) is 0 Å². The summed E-state index contributed by atoms with van der Waals surface area (Å²) >= 11 is 0. The summed E-state index contributed by atoms with van der Waals surface area (Å²) in [5.41, 5.74) is 0. The molecular formula is C13H19NO2. The fraction of sp³-hybridized carbons (Fsp3) is 0.462. The van der Waals surface area contributed by atoms with Crippen molar-refractivity contribution in [2.45, 2.75) is 32.7 Å². The number of rotatable bonds is 6. The highest BCUT2D eigenvalue weighted by Gasteiger charge is 2.06. The highest BCUT2D eigenvalue weighted by Crippen LogP contribution is 2.07. The number of carbonyl (C=O) groups excluding carboxylic acids is 1. The highest BCUT2D eigenvalue weighted by molar-refractivity contribution is 5.77. The van der Waals surface area contributed by atoms with E-state index in [1.807, 2.05) is 37.3 Å². The van der Waals surface area contributed by atoms with Crippen molar-refractivity contribution in [3.63, 3.8) is 0 Å². The zero-order valence-electron chi connectivity index (χ0n) is 9.90. The van der Waals surface area contributed by atoms with Gasteiger partial charge in [0.1, 0.15) is 5.75 Å². The van der Waals surface area contributed by atoms with Gasteiger partial charge in [-0.25, -0.2) is 0 Å². The predicted octanol–water partition coefficient (Wildman–Crippen LogP) is 2.37. The number of benzene rings is 1. The number of nitrogens with one attached hydrogen (secondary N) is 1. The van der Waals surface area contributed by atoms with Gasteiger partial charge in [0.05, 0.1) is 0 Å². The van der Waals surface area contributed by atoms with Crippen LogP contribution in [0.4, 0.5) is 0 Å². The molecule has 0 radical (unpaired) electrons. The number of carbonyl (C=O) groups is 1. The van der Waals surface area contributed by atoms with E-state index >= 15 is 0 Å². The van der Waals surface area contributed by atoms with Gasteiger partial charge in [0.2, 0.25) is 0 Å². The smallest absolute Gasteiger partial charge is 0.258 e. The minimum Gasteiger partial charge on any atom is -0.484 e. The Kier molecular flexibility index (Phi) is 5.40. The van der Waals surface area contributed by atoms with E-state index in [1.165, 1.54) is 0 Å². The highest BCUT2D eigenvalue weighted by atomic mass is 16.5. The molecule has 3 nitrogen and oxygen atoms in total. The molecule has 0 aliphatic carbocycles. The third-order valence-electron chi connectivity index (χ3n) is 2.24. The van der Waals surface area contributed by atoms with Gasteiger partial charge in [0, 0.05) is 6.04 Å². The first-order valence-electron chi connectivity index (χ1n) is 5.69. The van der Waals surface area contributed by atoms with E-state index in [0.29, 0.717) is 0 Å². The van der Waals surface area contributed by atoms with E-state index in [0.717, 1.165) is 18.6 Å². The van der Waals surface area contributed by atoms with E-state index in [1.54, 1.807) is 0 Å². The first-order valence-corrected chi connectivity index (χ1v) is 5.69. The molecule has 1 atom stereocenters. The van der Waals surface area contributed by atoms with E-state index in [-0.39, 0.29) is 18.6 Å². The molecule has 16 heavy (non-hydrogen) atoms. The van der Waals surface area contributed by atoms with Gasteiger partial charge in [-0.1, -0.05) is 31.5 Å². The summed E-state index contributed by atoms with van der Waals surface area (Å²) in [4.78, 5) is 11.5. The van der Waals surface area contributed by atoms with E-state index in [2.05, 4.69) is 12.2 Å². The summed E-state index contributed by atoms with van der Waals surface area (Å²) in [6.07, 6.45) is 2.07. The zero-order chi connectivity index (χ0) is 11.8. The van der Waals surface area contributed by atoms with Crippen LogP contribution in [0.15, 0.2) is 30.3 Å². The second-order valence-corrected chi connectivity index (χ2v) is 3.86. The molecule has 3 heteroatoms. The number of amides is 1. The quantitative estimate of drug-likeness (QED) is 0.801. The summed E-state index contributed by atoms with van der Waals surface area (Å²) in [6.45, 7) is 4.19. The molecule has 0 aliphatic heterocycles. The number of para-hydroxylation sites is 1. The maximum Gasteiger partial charge on any atom is 0.258 e. The number of hydrogen-bond acceptors (Lipinski definition) is 2. The third kappa shape index (κ3) is 4.82. The van der Waals surface area contributed by atoms with Crippen LogP contribution in [0.3, 0.4) is 0 Å². The largest absolute Gasteiger partial charge is 0.484 e. The molecule has 0 saturated carbocycles. The fourth-order valence-electron chi connectivity index (χ4n) is 1.49. The van der Waals surface area contributed by atoms with Gasteiger partial charge in [-0.05, 0) is 25.5 Å². The molecule has 0 aliphatic rings. The van der Waals surface area contributed by atoms with Gasteiger partial charge in [0.15, 0.2) is 6.61 Å². The summed E-state index contributed by atoms with van der Waals surface area (Å²) in [7, 11) is 0. The van der Waals surface area contributed by atoms with Crippen LogP contribution in [-0.2, 0) is 4.79 Å². The monoisotopic (exact) mass is 221 g/mol. The Morgan fingerprint density at radius 2 is 2.06 bits per heavy atom. The minimum atomic E-state index is -0.0650. The van der Waals surface area contributed by atoms with Gasteiger partial charge >= 0.3 is 0 Å². The topological polar surface area (TPSA) is 38.3 Å². The molecule has 1 amide bonds. The standard InChI is InChI=1S/C13H19NO2/c1-3-7-11(2)14-13(15)10-16-12-8-5-4-6-9-12/h4-6,8-9,11H,3,7,10H2,1-2H3,(H,14,15)/t11-/m1/s1. The van der Waals surface area contributed by atoms with Crippen molar-refractivity contribution in [3.05, 3.63) is 30.3 Å². The van der Waals surface area contributed by atoms with Crippen molar-refractivity contribution in [2.75, 3.05) is 6.61 Å². The summed E-state index contributed by atoms with van der Waals surface area (Å²) in [6, 6.07) is 9.57. The Hall–Kier alpha value is -1.51. The molecule has 1 rings (SSSR count). The van der Waals surface area contributed by atoms with Crippen LogP contribution in [-0.4, -0.2) is 18.6 Å². The van der Waals surface area contributed by atoms with Crippen LogP contribution < -0.4 is 10.1 Å². The van der Waals surface area contributed by atoms with Crippen LogP contribution in [0, 0.1) is 0 Å². The Morgan fingerprint density at radius 1 is 1.38 bits per heavy atom. The molecule has 0 heterocycles. The van der Waals surface area contributed by atoms with Gasteiger partial charge in [0.25, 0.3) is 5.91 Å². The van der Waals surface area contributed by atoms with E-state index < -0.39 is 0 Å². The average Bonchev–Trinajstić information content (AvgIpc) is 2.28. The predicted molar refractivity (Wildman–Crippen MR) is 64.4 cm³/mol. The van der Waals surface area contributed by atoms with Crippen LogP contribution in [0.1, 0.15) is 26.7 Å². The van der Waals surface area contributed by atoms with Gasteiger partial charge in [-0.3, -0.25) is 4.79 Å². The van der Waals surface area contributed by atoms with Crippen molar-refractivity contribution in [3.8, 4) is 5.75 Å². The first kappa shape index (κ1) is 12.6. The molecule has 0 bridgehead atoms. The van der Waals surface area contributed by atoms with Crippen LogP contribution >= 0.6 is 0 Å². The summed E-state index contributed by atoms with van der Waals surface area (Å²) < 4.78 is 5.33. The molecule has 1 N–H and O–H groups in total. The SMILES string of the molecule is CCC[C@@H](C)NC(=O)COc1ccccc1. The molecule has 0 aromatic heterocycles. The molecular weight excluding hydrogens is 202 g/mol. The number of ether oxygens (including phenoxy) is 1. The average molecular weight is 221 g/mol. The molecule has 1 aromatic carbocycles. The lowest BCUT2D eigenvalue weighted by molar-refractivity contribution is -0.123. The lowest BCUT2D eigenvalue weighted by Gasteiger charge is -2.13. The first-order chi connectivity index (χ1) is 7.72. The van der Waals surface area contributed by atoms with Crippen molar-refractivity contribution >= 4 is 5.91 Å². The van der Waals surface area contributed by atoms with E-state index in [9.17, 15) is 4.79 Å². The molecule has 0 saturated heterocycles. The fourth-order valence-corrected chi connectivity index (χ4v) is 1.49. The van der Waals surface area contributed by atoms with Gasteiger partial charge in [-0.15, -0.1) is 0 Å². The Bertz CT molecular complexity index is 311. The molecule has 0 fully saturated rings. The normalized spacial score (nSPS) is 11.9.